The summed E-state index contributed by atoms with van der Waals surface area (Å²) in [7, 11) is 0. The number of ether oxygens (including phenoxy) is 1. The Labute approximate surface area is 121 Å². The van der Waals surface area contributed by atoms with E-state index in [4.69, 9.17) is 10.5 Å². The molecule has 1 aliphatic heterocycles. The third-order valence-corrected chi connectivity index (χ3v) is 3.45. The maximum absolute atomic E-state index is 10.9. The molecule has 1 aromatic rings. The first-order chi connectivity index (χ1) is 9.69. The minimum absolute atomic E-state index is 0.151. The number of anilines is 2. The van der Waals surface area contributed by atoms with Gasteiger partial charge in [0.1, 0.15) is 0 Å². The average molecular weight is 298 g/mol. The van der Waals surface area contributed by atoms with Gasteiger partial charge in [0.05, 0.1) is 19.0 Å². The van der Waals surface area contributed by atoms with E-state index in [1.54, 1.807) is 0 Å². The lowest BCUT2D eigenvalue weighted by molar-refractivity contribution is -0.115. The number of aromatic nitrogens is 3. The molecule has 0 unspecified atom stereocenters. The van der Waals surface area contributed by atoms with Crippen LogP contribution >= 0.6 is 11.8 Å². The molecule has 1 fully saturated rings. The molecule has 3 N–H and O–H groups in total. The van der Waals surface area contributed by atoms with Crippen LogP contribution in [-0.4, -0.2) is 59.5 Å². The molecule has 0 saturated carbocycles. The molecule has 0 bridgehead atoms. The highest BCUT2D eigenvalue weighted by Crippen LogP contribution is 2.19. The standard InChI is InChI=1S/C11H18N6O2S/c1-2-13-9-14-10(17-3-5-19-6-4-17)16-11(15-9)20-7-8(12)18/h2-7H2,1H3,(H2,12,18)(H,13,14,15,16). The molecule has 2 rings (SSSR count). The van der Waals surface area contributed by atoms with Crippen molar-refractivity contribution in [1.29, 1.82) is 0 Å². The smallest absolute Gasteiger partial charge is 0.231 e. The van der Waals surface area contributed by atoms with Gasteiger partial charge in [-0.1, -0.05) is 11.8 Å². The number of hydrogen-bond donors (Lipinski definition) is 2. The van der Waals surface area contributed by atoms with Crippen molar-refractivity contribution in [3.05, 3.63) is 0 Å². The molecule has 1 saturated heterocycles. The number of morpholine rings is 1. The van der Waals surface area contributed by atoms with Gasteiger partial charge in [-0.3, -0.25) is 4.79 Å². The summed E-state index contributed by atoms with van der Waals surface area (Å²) >= 11 is 1.21. The summed E-state index contributed by atoms with van der Waals surface area (Å²) < 4.78 is 5.31. The normalized spacial score (nSPS) is 15.2. The monoisotopic (exact) mass is 298 g/mol. The van der Waals surface area contributed by atoms with E-state index in [0.29, 0.717) is 36.8 Å². The lowest BCUT2D eigenvalue weighted by Gasteiger charge is -2.27. The second kappa shape index (κ2) is 7.25. The topological polar surface area (TPSA) is 106 Å². The third kappa shape index (κ3) is 4.20. The molecule has 2 heterocycles. The Morgan fingerprint density at radius 2 is 2.15 bits per heavy atom. The summed E-state index contributed by atoms with van der Waals surface area (Å²) in [6.07, 6.45) is 0. The molecule has 1 amide bonds. The summed E-state index contributed by atoms with van der Waals surface area (Å²) in [5.74, 6) is 0.869. The Hall–Kier alpha value is -1.61. The summed E-state index contributed by atoms with van der Waals surface area (Å²) in [4.78, 5) is 25.9. The van der Waals surface area contributed by atoms with Crippen LogP contribution in [0.15, 0.2) is 5.16 Å². The molecule has 0 aliphatic carbocycles. The summed E-state index contributed by atoms with van der Waals surface area (Å²) in [6, 6.07) is 0. The second-order valence-corrected chi connectivity index (χ2v) is 5.07. The zero-order valence-electron chi connectivity index (χ0n) is 11.3. The van der Waals surface area contributed by atoms with Crippen molar-refractivity contribution in [3.8, 4) is 0 Å². The van der Waals surface area contributed by atoms with E-state index in [1.165, 1.54) is 11.8 Å². The molecule has 1 aromatic heterocycles. The van der Waals surface area contributed by atoms with Crippen molar-refractivity contribution in [1.82, 2.24) is 15.0 Å². The van der Waals surface area contributed by atoms with E-state index >= 15 is 0 Å². The number of primary amides is 1. The van der Waals surface area contributed by atoms with E-state index in [0.717, 1.165) is 13.1 Å². The lowest BCUT2D eigenvalue weighted by Crippen LogP contribution is -2.37. The maximum atomic E-state index is 10.9. The fourth-order valence-corrected chi connectivity index (χ4v) is 2.26. The van der Waals surface area contributed by atoms with Crippen LogP contribution in [0.25, 0.3) is 0 Å². The quantitative estimate of drug-likeness (QED) is 0.691. The highest BCUT2D eigenvalue weighted by molar-refractivity contribution is 7.99. The molecule has 1 aliphatic rings. The van der Waals surface area contributed by atoms with E-state index in [-0.39, 0.29) is 5.75 Å². The number of nitrogens with zero attached hydrogens (tertiary/aromatic N) is 4. The molecule has 8 nitrogen and oxygen atoms in total. The largest absolute Gasteiger partial charge is 0.378 e. The van der Waals surface area contributed by atoms with Gasteiger partial charge in [0, 0.05) is 19.6 Å². The van der Waals surface area contributed by atoms with Crippen molar-refractivity contribution in [2.45, 2.75) is 12.1 Å². The minimum Gasteiger partial charge on any atom is -0.378 e. The van der Waals surface area contributed by atoms with E-state index in [9.17, 15) is 4.79 Å². The molecule has 20 heavy (non-hydrogen) atoms. The number of rotatable bonds is 6. The molecule has 0 atom stereocenters. The van der Waals surface area contributed by atoms with Gasteiger partial charge in [-0.25, -0.2) is 0 Å². The van der Waals surface area contributed by atoms with Crippen molar-refractivity contribution >= 4 is 29.6 Å². The van der Waals surface area contributed by atoms with Gasteiger partial charge in [-0.2, -0.15) is 15.0 Å². The number of carbonyl (C=O) groups is 1. The number of nitrogens with two attached hydrogens (primary N) is 1. The Bertz CT molecular complexity index is 466. The molecule has 0 aromatic carbocycles. The number of nitrogens with one attached hydrogen (secondary N) is 1. The van der Waals surface area contributed by atoms with Crippen LogP contribution in [0.1, 0.15) is 6.92 Å². The van der Waals surface area contributed by atoms with Gasteiger partial charge in [0.25, 0.3) is 0 Å². The van der Waals surface area contributed by atoms with E-state index in [1.807, 2.05) is 11.8 Å². The zero-order valence-corrected chi connectivity index (χ0v) is 12.2. The second-order valence-electron chi connectivity index (χ2n) is 4.13. The van der Waals surface area contributed by atoms with E-state index in [2.05, 4.69) is 20.3 Å². The van der Waals surface area contributed by atoms with Crippen LogP contribution in [0.2, 0.25) is 0 Å². The summed E-state index contributed by atoms with van der Waals surface area (Å²) in [5, 5.41) is 3.56. The molecule has 0 radical (unpaired) electrons. The van der Waals surface area contributed by atoms with Gasteiger partial charge in [-0.05, 0) is 6.92 Å². The predicted octanol–water partition coefficient (Wildman–Crippen LogP) is -0.283. The number of carbonyl (C=O) groups excluding carboxylic acids is 1. The first kappa shape index (κ1) is 14.8. The van der Waals surface area contributed by atoms with Gasteiger partial charge >= 0.3 is 0 Å². The average Bonchev–Trinajstić information content (AvgIpc) is 2.46. The number of amides is 1. The van der Waals surface area contributed by atoms with Gasteiger partial charge in [0.15, 0.2) is 5.16 Å². The SMILES string of the molecule is CCNc1nc(SCC(N)=O)nc(N2CCOCC2)n1. The van der Waals surface area contributed by atoms with Gasteiger partial charge < -0.3 is 20.7 Å². The predicted molar refractivity (Wildman–Crippen MR) is 76.9 cm³/mol. The number of thioether (sulfide) groups is 1. The highest BCUT2D eigenvalue weighted by atomic mass is 32.2. The van der Waals surface area contributed by atoms with Crippen molar-refractivity contribution in [2.24, 2.45) is 5.73 Å². The molecular formula is C11H18N6O2S. The van der Waals surface area contributed by atoms with Crippen molar-refractivity contribution < 1.29 is 9.53 Å². The van der Waals surface area contributed by atoms with Crippen molar-refractivity contribution in [3.63, 3.8) is 0 Å². The molecule has 9 heteroatoms. The molecular weight excluding hydrogens is 280 g/mol. The van der Waals surface area contributed by atoms with Crippen LogP contribution < -0.4 is 16.0 Å². The third-order valence-electron chi connectivity index (χ3n) is 2.58. The Morgan fingerprint density at radius 1 is 1.40 bits per heavy atom. The van der Waals surface area contributed by atoms with Crippen molar-refractivity contribution in [2.75, 3.05) is 48.8 Å². The lowest BCUT2D eigenvalue weighted by atomic mass is 10.4. The highest BCUT2D eigenvalue weighted by Gasteiger charge is 2.16. The molecule has 110 valence electrons. The van der Waals surface area contributed by atoms with Crippen LogP contribution in [0.4, 0.5) is 11.9 Å². The maximum Gasteiger partial charge on any atom is 0.231 e. The van der Waals surface area contributed by atoms with Crippen LogP contribution in [0.3, 0.4) is 0 Å². The van der Waals surface area contributed by atoms with Crippen LogP contribution in [-0.2, 0) is 9.53 Å². The van der Waals surface area contributed by atoms with Crippen LogP contribution in [0, 0.1) is 0 Å². The van der Waals surface area contributed by atoms with Gasteiger partial charge in [-0.15, -0.1) is 0 Å². The van der Waals surface area contributed by atoms with Gasteiger partial charge in [0.2, 0.25) is 17.8 Å². The first-order valence-electron chi connectivity index (χ1n) is 6.42. The van der Waals surface area contributed by atoms with Crippen LogP contribution in [0.5, 0.6) is 0 Å². The summed E-state index contributed by atoms with van der Waals surface area (Å²) in [5.41, 5.74) is 5.14. The Kier molecular flexibility index (Phi) is 5.36. The Morgan fingerprint density at radius 3 is 2.80 bits per heavy atom. The number of hydrogen-bond acceptors (Lipinski definition) is 8. The zero-order chi connectivity index (χ0) is 14.4. The fraction of sp³-hybridized carbons (Fsp3) is 0.636. The fourth-order valence-electron chi connectivity index (χ4n) is 1.69. The van der Waals surface area contributed by atoms with E-state index < -0.39 is 5.91 Å². The summed E-state index contributed by atoms with van der Waals surface area (Å²) in [6.45, 7) is 5.49. The minimum atomic E-state index is -0.395. The first-order valence-corrected chi connectivity index (χ1v) is 7.41. The Balaban J connectivity index is 2.17. The molecule has 0 spiro atoms.